The molecule has 0 bridgehead atoms. The third kappa shape index (κ3) is 3.60. The van der Waals surface area contributed by atoms with E-state index in [0.717, 1.165) is 16.5 Å². The molecule has 2 heterocycles. The zero-order chi connectivity index (χ0) is 19.6. The Bertz CT molecular complexity index is 993. The number of fused-ring (bicyclic) bond motifs is 2. The molecule has 0 atom stereocenters. The minimum atomic E-state index is -0.292. The summed E-state index contributed by atoms with van der Waals surface area (Å²) in [4.78, 5) is 27.6. The maximum absolute atomic E-state index is 14.2. The number of pyridine rings is 1. The number of hydrogen-bond donors (Lipinski definition) is 1. The summed E-state index contributed by atoms with van der Waals surface area (Å²) in [5.74, 6) is -0.554. The minimum absolute atomic E-state index is 0.0959. The first-order chi connectivity index (χ1) is 13.0. The quantitative estimate of drug-likeness (QED) is 0.840. The molecular weight excluding hydrogens is 347 g/mol. The van der Waals surface area contributed by atoms with Gasteiger partial charge in [-0.15, -0.1) is 0 Å². The molecule has 6 heteroatoms. The summed E-state index contributed by atoms with van der Waals surface area (Å²) in [6.07, 6.45) is 4.17. The van der Waals surface area contributed by atoms with Gasteiger partial charge in [-0.2, -0.15) is 0 Å². The summed E-state index contributed by atoms with van der Waals surface area (Å²) in [7, 11) is 0. The second-order valence-corrected chi connectivity index (χ2v) is 6.50. The van der Waals surface area contributed by atoms with E-state index in [-0.39, 0.29) is 24.9 Å². The number of hydrogen-bond acceptors (Lipinski definition) is 4. The number of carbonyl (C=O) groups is 2. The van der Waals surface area contributed by atoms with Crippen molar-refractivity contribution in [3.8, 4) is 0 Å². The highest BCUT2D eigenvalue weighted by Gasteiger charge is 2.18. The van der Waals surface area contributed by atoms with Crippen LogP contribution in [0.5, 0.6) is 0 Å². The second-order valence-electron chi connectivity index (χ2n) is 6.50. The first-order valence-corrected chi connectivity index (χ1v) is 8.79. The van der Waals surface area contributed by atoms with Crippen LogP contribution in [-0.4, -0.2) is 24.0 Å². The maximum atomic E-state index is 14.2. The number of carbonyl (C=O) groups excluding carboxylic acids is 2. The van der Waals surface area contributed by atoms with E-state index < -0.39 is 0 Å². The zero-order valence-corrected chi connectivity index (χ0v) is 15.6. The lowest BCUT2D eigenvalue weighted by Gasteiger charge is -2.15. The Morgan fingerprint density at radius 1 is 1.30 bits per heavy atom. The Labute approximate surface area is 156 Å². The number of allylic oxidation sites excluding steroid dienone is 2. The lowest BCUT2D eigenvalue weighted by molar-refractivity contribution is -0.128. The maximum Gasteiger partial charge on any atom is 0.293 e. The van der Waals surface area contributed by atoms with Crippen LogP contribution in [0.1, 0.15) is 36.2 Å². The van der Waals surface area contributed by atoms with Gasteiger partial charge in [0, 0.05) is 23.6 Å². The highest BCUT2D eigenvalue weighted by molar-refractivity contribution is 5.96. The molecule has 0 fully saturated rings. The fraction of sp³-hybridized carbons (Fsp3) is 0.286. The van der Waals surface area contributed by atoms with Gasteiger partial charge in [0.25, 0.3) is 12.4 Å². The number of nitrogens with zero attached hydrogens (tertiary/aromatic N) is 1. The highest BCUT2D eigenvalue weighted by Crippen LogP contribution is 2.27. The van der Waals surface area contributed by atoms with Crippen LogP contribution in [0.3, 0.4) is 0 Å². The lowest BCUT2D eigenvalue weighted by Crippen LogP contribution is -2.27. The Kier molecular flexibility index (Phi) is 5.35. The third-order valence-corrected chi connectivity index (χ3v) is 4.92. The van der Waals surface area contributed by atoms with Crippen LogP contribution >= 0.6 is 0 Å². The molecule has 1 aliphatic heterocycles. The Balaban J connectivity index is 2.15. The van der Waals surface area contributed by atoms with Crippen LogP contribution in [0.2, 0.25) is 0 Å². The van der Waals surface area contributed by atoms with Gasteiger partial charge in [-0.3, -0.25) is 9.59 Å². The molecule has 0 spiro atoms. The first-order valence-electron chi connectivity index (χ1n) is 8.79. The van der Waals surface area contributed by atoms with Gasteiger partial charge in [0.05, 0.1) is 16.8 Å². The molecule has 5 nitrogen and oxygen atoms in total. The Morgan fingerprint density at radius 3 is 2.78 bits per heavy atom. The van der Waals surface area contributed by atoms with E-state index in [9.17, 15) is 14.0 Å². The van der Waals surface area contributed by atoms with E-state index in [1.807, 2.05) is 26.0 Å². The number of benzene rings is 1. The number of nitrogens with one attached hydrogen (secondary N) is 1. The Morgan fingerprint density at radius 2 is 2.07 bits per heavy atom. The van der Waals surface area contributed by atoms with Crippen molar-refractivity contribution in [3.05, 3.63) is 57.6 Å². The van der Waals surface area contributed by atoms with Crippen LogP contribution in [-0.2, 0) is 27.3 Å². The van der Waals surface area contributed by atoms with Gasteiger partial charge >= 0.3 is 0 Å². The Hall–Kier alpha value is -3.02. The number of amides is 1. The van der Waals surface area contributed by atoms with Gasteiger partial charge < -0.3 is 10.1 Å². The van der Waals surface area contributed by atoms with Crippen molar-refractivity contribution < 1.29 is 18.7 Å². The molecule has 0 unspecified atom stereocenters. The van der Waals surface area contributed by atoms with Crippen molar-refractivity contribution in [3.63, 3.8) is 0 Å². The molecule has 3 rings (SSSR count). The predicted molar refractivity (Wildman–Crippen MR) is 101 cm³/mol. The summed E-state index contributed by atoms with van der Waals surface area (Å²) >= 11 is 0. The van der Waals surface area contributed by atoms with Crippen LogP contribution in [0.4, 0.5) is 4.39 Å². The number of halogens is 1. The fourth-order valence-electron chi connectivity index (χ4n) is 3.24. The molecule has 1 amide bonds. The van der Waals surface area contributed by atoms with E-state index in [0.29, 0.717) is 40.8 Å². The largest absolute Gasteiger partial charge is 0.463 e. The third-order valence-electron chi connectivity index (χ3n) is 4.92. The van der Waals surface area contributed by atoms with Crippen molar-refractivity contribution in [1.82, 2.24) is 10.3 Å². The average Bonchev–Trinajstić information content (AvgIpc) is 2.70. The fourth-order valence-corrected chi connectivity index (χ4v) is 3.24. The summed E-state index contributed by atoms with van der Waals surface area (Å²) in [6, 6.07) is 3.30. The van der Waals surface area contributed by atoms with E-state index in [4.69, 9.17) is 4.74 Å². The van der Waals surface area contributed by atoms with Gasteiger partial charge in [0.2, 0.25) is 0 Å². The topological polar surface area (TPSA) is 68.3 Å². The highest BCUT2D eigenvalue weighted by atomic mass is 19.1. The van der Waals surface area contributed by atoms with Gasteiger partial charge in [0.1, 0.15) is 12.4 Å². The number of ether oxygens (including phenoxy) is 1. The number of aromatic nitrogens is 1. The van der Waals surface area contributed by atoms with Gasteiger partial charge in [-0.05, 0) is 49.1 Å². The van der Waals surface area contributed by atoms with Crippen LogP contribution in [0.25, 0.3) is 17.0 Å². The number of rotatable bonds is 4. The molecule has 2 aromatic rings. The molecular formula is C21H21FN2O3. The second kappa shape index (κ2) is 7.70. The van der Waals surface area contributed by atoms with Crippen LogP contribution in [0, 0.1) is 12.7 Å². The molecule has 0 saturated heterocycles. The predicted octanol–water partition coefficient (Wildman–Crippen LogP) is 3.38. The normalized spacial score (nSPS) is 18.1. The molecule has 0 radical (unpaired) electrons. The summed E-state index contributed by atoms with van der Waals surface area (Å²) in [5, 5.41) is 3.75. The molecule has 140 valence electrons. The first kappa shape index (κ1) is 18.8. The van der Waals surface area contributed by atoms with Crippen LogP contribution < -0.4 is 5.32 Å². The molecule has 27 heavy (non-hydrogen) atoms. The van der Waals surface area contributed by atoms with E-state index in [2.05, 4.69) is 10.3 Å². The van der Waals surface area contributed by atoms with Gasteiger partial charge in [0.15, 0.2) is 0 Å². The number of aryl methyl sites for hydroxylation is 2. The lowest BCUT2D eigenvalue weighted by atomic mass is 9.98. The molecule has 1 N–H and O–H groups in total. The van der Waals surface area contributed by atoms with Crippen molar-refractivity contribution in [2.75, 3.05) is 6.61 Å². The summed E-state index contributed by atoms with van der Waals surface area (Å²) < 4.78 is 19.0. The van der Waals surface area contributed by atoms with Gasteiger partial charge in [-0.25, -0.2) is 9.37 Å². The van der Waals surface area contributed by atoms with Crippen LogP contribution in [0.15, 0.2) is 29.4 Å². The smallest absolute Gasteiger partial charge is 0.293 e. The minimum Gasteiger partial charge on any atom is -0.463 e. The SMILES string of the molecule is CCc1cc2c(C)c3c(nc2cc1F)/C=C/C(C)=C(/COC=O)C(=O)NC3. The van der Waals surface area contributed by atoms with Gasteiger partial charge in [-0.1, -0.05) is 13.0 Å². The van der Waals surface area contributed by atoms with E-state index in [1.165, 1.54) is 6.07 Å². The standard InChI is InChI=1S/C21H21FN2O3/c1-4-14-7-15-13(3)16-9-23-21(26)17(10-27-11-25)12(2)5-6-19(16)24-20(15)8-18(14)22/h5-8,11H,4,9-10H2,1-3H3,(H,23,26)/b6-5+,17-12-. The molecule has 0 saturated carbocycles. The molecule has 1 aromatic heterocycles. The van der Waals surface area contributed by atoms with Crippen molar-refractivity contribution in [2.45, 2.75) is 33.7 Å². The molecule has 1 aliphatic rings. The zero-order valence-electron chi connectivity index (χ0n) is 15.6. The van der Waals surface area contributed by atoms with E-state index >= 15 is 0 Å². The van der Waals surface area contributed by atoms with Crippen molar-refractivity contribution in [2.24, 2.45) is 0 Å². The summed E-state index contributed by atoms with van der Waals surface area (Å²) in [6.45, 7) is 6.13. The van der Waals surface area contributed by atoms with Crippen molar-refractivity contribution in [1.29, 1.82) is 0 Å². The molecule has 1 aromatic carbocycles. The van der Waals surface area contributed by atoms with E-state index in [1.54, 1.807) is 13.0 Å². The monoisotopic (exact) mass is 368 g/mol. The average molecular weight is 368 g/mol. The molecule has 0 aliphatic carbocycles. The summed E-state index contributed by atoms with van der Waals surface area (Å²) in [5.41, 5.74) is 4.80. The van der Waals surface area contributed by atoms with Crippen molar-refractivity contribution >= 4 is 29.4 Å².